The maximum absolute atomic E-state index is 12.6. The van der Waals surface area contributed by atoms with Crippen molar-refractivity contribution in [2.24, 2.45) is 0 Å². The largest absolute Gasteiger partial charge is 0.419 e. The lowest BCUT2D eigenvalue weighted by Crippen LogP contribution is -2.08. The van der Waals surface area contributed by atoms with Crippen molar-refractivity contribution < 1.29 is 13.2 Å². The summed E-state index contributed by atoms with van der Waals surface area (Å²) in [4.78, 5) is 0. The van der Waals surface area contributed by atoms with Gasteiger partial charge < -0.3 is 0 Å². The van der Waals surface area contributed by atoms with Crippen molar-refractivity contribution in [3.63, 3.8) is 0 Å². The molecule has 1 aromatic rings. The lowest BCUT2D eigenvalue weighted by atomic mass is 10.1. The van der Waals surface area contributed by atoms with Crippen LogP contribution in [0.5, 0.6) is 0 Å². The normalized spacial score (nSPS) is 11.7. The summed E-state index contributed by atoms with van der Waals surface area (Å²) in [6.45, 7) is 0. The zero-order valence-corrected chi connectivity index (χ0v) is 11.0. The second-order valence-electron chi connectivity index (χ2n) is 2.66. The molecule has 0 nitrogen and oxygen atoms in total. The average molecular weight is 328 g/mol. The highest BCUT2D eigenvalue weighted by Crippen LogP contribution is 2.47. The number of halogens is 7. The molecule has 0 heterocycles. The highest BCUT2D eigenvalue weighted by atomic mass is 35.5. The van der Waals surface area contributed by atoms with Crippen molar-refractivity contribution in [1.29, 1.82) is 0 Å². The van der Waals surface area contributed by atoms with Gasteiger partial charge in [0.25, 0.3) is 0 Å². The third-order valence-electron chi connectivity index (χ3n) is 1.70. The molecular weight excluding hydrogens is 327 g/mol. The fourth-order valence-electron chi connectivity index (χ4n) is 1.00. The van der Waals surface area contributed by atoms with Gasteiger partial charge in [0, 0.05) is 10.9 Å². The molecule has 0 saturated carbocycles. The predicted molar refractivity (Wildman–Crippen MR) is 64.2 cm³/mol. The Morgan fingerprint density at radius 2 is 1.25 bits per heavy atom. The van der Waals surface area contributed by atoms with E-state index in [1.165, 1.54) is 0 Å². The second kappa shape index (κ2) is 4.86. The minimum Gasteiger partial charge on any atom is -0.166 e. The Balaban J connectivity index is 3.74. The Bertz CT molecular complexity index is 427. The zero-order valence-electron chi connectivity index (χ0n) is 7.13. The minimum atomic E-state index is -4.73. The Labute approximate surface area is 114 Å². The molecule has 0 N–H and O–H groups in total. The smallest absolute Gasteiger partial charge is 0.166 e. The summed E-state index contributed by atoms with van der Waals surface area (Å²) in [5.74, 6) is 0. The number of hydrogen-bond donors (Lipinski definition) is 0. The maximum atomic E-state index is 12.6. The molecule has 0 aliphatic carbocycles. The van der Waals surface area contributed by atoms with Gasteiger partial charge in [0.2, 0.25) is 0 Å². The molecule has 0 bridgehead atoms. The topological polar surface area (TPSA) is 0 Å². The molecule has 0 saturated heterocycles. The van der Waals surface area contributed by atoms with Crippen molar-refractivity contribution in [1.82, 2.24) is 0 Å². The van der Waals surface area contributed by atoms with Crippen LogP contribution in [0.25, 0.3) is 0 Å². The summed E-state index contributed by atoms with van der Waals surface area (Å²) in [6.07, 6.45) is -4.73. The van der Waals surface area contributed by atoms with Crippen molar-refractivity contribution in [3.05, 3.63) is 31.2 Å². The number of hydrogen-bond acceptors (Lipinski definition) is 1. The Morgan fingerprint density at radius 3 is 1.50 bits per heavy atom. The van der Waals surface area contributed by atoms with Gasteiger partial charge >= 0.3 is 6.18 Å². The van der Waals surface area contributed by atoms with E-state index in [-0.39, 0.29) is 15.6 Å². The van der Waals surface area contributed by atoms with E-state index in [0.29, 0.717) is 0 Å². The molecule has 88 valence electrons. The fraction of sp³-hybridized carbons (Fsp3) is 0.125. The number of thiocarbonyl (C=S) groups is 1. The van der Waals surface area contributed by atoms with E-state index >= 15 is 0 Å². The molecule has 0 unspecified atom stereocenters. The monoisotopic (exact) mass is 326 g/mol. The van der Waals surface area contributed by atoms with Gasteiger partial charge in [-0.25, -0.2) is 0 Å². The van der Waals surface area contributed by atoms with Crippen molar-refractivity contribution >= 4 is 64.0 Å². The molecule has 16 heavy (non-hydrogen) atoms. The highest BCUT2D eigenvalue weighted by molar-refractivity contribution is 7.79. The lowest BCUT2D eigenvalue weighted by Gasteiger charge is -2.15. The Kier molecular flexibility index (Phi) is 4.35. The molecule has 0 radical (unpaired) electrons. The molecule has 1 aromatic carbocycles. The van der Waals surface area contributed by atoms with Crippen LogP contribution in [-0.4, -0.2) is 5.37 Å². The summed E-state index contributed by atoms with van der Waals surface area (Å²) in [7, 11) is 0. The molecule has 0 fully saturated rings. The first-order valence-corrected chi connectivity index (χ1v) is 5.58. The first-order valence-electron chi connectivity index (χ1n) is 3.60. The van der Waals surface area contributed by atoms with Crippen LogP contribution in [0.2, 0.25) is 20.1 Å². The summed E-state index contributed by atoms with van der Waals surface area (Å²) in [5.41, 5.74) is -1.26. The predicted octanol–water partition coefficient (Wildman–Crippen LogP) is 5.67. The van der Waals surface area contributed by atoms with E-state index in [1.54, 1.807) is 0 Å². The first kappa shape index (κ1) is 14.3. The summed E-state index contributed by atoms with van der Waals surface area (Å²) in [6, 6.07) is 0. The summed E-state index contributed by atoms with van der Waals surface area (Å²) in [5, 5.41) is -1.13. The van der Waals surface area contributed by atoms with Gasteiger partial charge in [-0.1, -0.05) is 58.6 Å². The van der Waals surface area contributed by atoms with E-state index in [4.69, 9.17) is 46.4 Å². The van der Waals surface area contributed by atoms with Crippen LogP contribution >= 0.6 is 58.6 Å². The van der Waals surface area contributed by atoms with Gasteiger partial charge in [-0.05, 0) is 0 Å². The van der Waals surface area contributed by atoms with E-state index in [2.05, 4.69) is 12.2 Å². The van der Waals surface area contributed by atoms with Crippen molar-refractivity contribution in [2.45, 2.75) is 6.18 Å². The summed E-state index contributed by atoms with van der Waals surface area (Å²) >= 11 is 26.7. The molecule has 0 aliphatic rings. The molecule has 0 aliphatic heterocycles. The third kappa shape index (κ3) is 2.41. The van der Waals surface area contributed by atoms with Crippen LogP contribution in [0.15, 0.2) is 0 Å². The van der Waals surface area contributed by atoms with Crippen LogP contribution in [0.3, 0.4) is 0 Å². The van der Waals surface area contributed by atoms with E-state index in [0.717, 1.165) is 5.37 Å². The molecule has 0 aromatic heterocycles. The van der Waals surface area contributed by atoms with Gasteiger partial charge in [-0.15, -0.1) is 0 Å². The lowest BCUT2D eigenvalue weighted by molar-refractivity contribution is -0.137. The van der Waals surface area contributed by atoms with Gasteiger partial charge in [-0.2, -0.15) is 13.2 Å². The molecule has 0 spiro atoms. The van der Waals surface area contributed by atoms with Gasteiger partial charge in [0.15, 0.2) is 0 Å². The van der Waals surface area contributed by atoms with E-state index < -0.39 is 21.8 Å². The molecule has 0 amide bonds. The highest BCUT2D eigenvalue weighted by Gasteiger charge is 2.38. The van der Waals surface area contributed by atoms with Gasteiger partial charge in [0.1, 0.15) is 0 Å². The molecule has 1 rings (SSSR count). The van der Waals surface area contributed by atoms with Crippen LogP contribution in [0, 0.1) is 0 Å². The quantitative estimate of drug-likeness (QED) is 0.473. The number of benzene rings is 1. The standard InChI is InChI=1S/C8HCl4F3S/c9-4-2(1-16)5(10)7(12)3(6(4)11)8(13,14)15/h1H. The van der Waals surface area contributed by atoms with Gasteiger partial charge in [-0.3, -0.25) is 0 Å². The minimum absolute atomic E-state index is 0.00123. The SMILES string of the molecule is FC(F)(F)c1c(Cl)c(Cl)c(C=S)c(Cl)c1Cl. The molecular formula is C8HCl4F3S. The van der Waals surface area contributed by atoms with Crippen molar-refractivity contribution in [3.8, 4) is 0 Å². The van der Waals surface area contributed by atoms with Crippen molar-refractivity contribution in [2.75, 3.05) is 0 Å². The van der Waals surface area contributed by atoms with Crippen LogP contribution in [-0.2, 0) is 6.18 Å². The van der Waals surface area contributed by atoms with Crippen LogP contribution in [0.1, 0.15) is 11.1 Å². The van der Waals surface area contributed by atoms with E-state index in [9.17, 15) is 13.2 Å². The molecule has 0 atom stereocenters. The molecule has 8 heteroatoms. The summed E-state index contributed by atoms with van der Waals surface area (Å²) < 4.78 is 37.7. The Hall–Kier alpha value is 0.260. The second-order valence-corrected chi connectivity index (χ2v) is 4.41. The third-order valence-corrected chi connectivity index (χ3v) is 3.67. The van der Waals surface area contributed by atoms with E-state index in [1.807, 2.05) is 0 Å². The number of rotatable bonds is 1. The van der Waals surface area contributed by atoms with Gasteiger partial charge in [0.05, 0.1) is 25.7 Å². The first-order chi connectivity index (χ1) is 7.21. The number of alkyl halides is 3. The van der Waals surface area contributed by atoms with Crippen LogP contribution in [0.4, 0.5) is 13.2 Å². The maximum Gasteiger partial charge on any atom is 0.419 e. The zero-order chi connectivity index (χ0) is 12.7. The van der Waals surface area contributed by atoms with Crippen LogP contribution < -0.4 is 0 Å². The fourth-order valence-corrected chi connectivity index (χ4v) is 2.56. The Morgan fingerprint density at radius 1 is 0.875 bits per heavy atom. The average Bonchev–Trinajstić information content (AvgIpc) is 2.14.